The molecule has 0 aliphatic rings. The van der Waals surface area contributed by atoms with Crippen LogP contribution in [0.15, 0.2) is 54.6 Å². The fraction of sp³-hybridized carbons (Fsp3) is 0.353. The van der Waals surface area contributed by atoms with Gasteiger partial charge in [0.2, 0.25) is 0 Å². The summed E-state index contributed by atoms with van der Waals surface area (Å²) in [7, 11) is 1.45. The molecule has 2 heteroatoms. The van der Waals surface area contributed by atoms with Gasteiger partial charge in [-0.3, -0.25) is 4.79 Å². The Morgan fingerprint density at radius 1 is 1.11 bits per heavy atom. The minimum atomic E-state index is -0.630. The zero-order valence-corrected chi connectivity index (χ0v) is 11.9. The maximum absolute atomic E-state index is 12.4. The van der Waals surface area contributed by atoms with Crippen molar-refractivity contribution >= 4 is 5.97 Å². The molecule has 0 radical (unpaired) electrons. The molecule has 0 N–H and O–H groups in total. The Balaban J connectivity index is 3.28. The number of allylic oxidation sites excluding steroid dienone is 4. The SMILES string of the molecule is C/C=C/CC(C/C=C/C)(C(=O)OC)c1ccccc1. The normalized spacial score (nSPS) is 12.2. The Kier molecular flexibility index (Phi) is 6.07. The fourth-order valence-electron chi connectivity index (χ4n) is 2.19. The second-order valence-corrected chi connectivity index (χ2v) is 4.49. The predicted molar refractivity (Wildman–Crippen MR) is 79.0 cm³/mol. The Morgan fingerprint density at radius 3 is 2.05 bits per heavy atom. The van der Waals surface area contributed by atoms with E-state index in [-0.39, 0.29) is 5.97 Å². The van der Waals surface area contributed by atoms with Gasteiger partial charge in [0.15, 0.2) is 0 Å². The van der Waals surface area contributed by atoms with Crippen molar-refractivity contribution in [2.24, 2.45) is 0 Å². The number of rotatable bonds is 6. The number of benzene rings is 1. The third kappa shape index (κ3) is 3.57. The second-order valence-electron chi connectivity index (χ2n) is 4.49. The van der Waals surface area contributed by atoms with Crippen molar-refractivity contribution in [2.75, 3.05) is 7.11 Å². The number of methoxy groups -OCH3 is 1. The lowest BCUT2D eigenvalue weighted by Crippen LogP contribution is -2.36. The lowest BCUT2D eigenvalue weighted by molar-refractivity contribution is -0.147. The van der Waals surface area contributed by atoms with Crippen LogP contribution in [0.25, 0.3) is 0 Å². The molecule has 0 amide bonds. The van der Waals surface area contributed by atoms with Crippen LogP contribution in [0.1, 0.15) is 32.3 Å². The Bertz CT molecular complexity index is 430. The van der Waals surface area contributed by atoms with E-state index in [2.05, 4.69) is 0 Å². The molecule has 0 atom stereocenters. The molecule has 0 saturated heterocycles. The van der Waals surface area contributed by atoms with Crippen molar-refractivity contribution in [3.8, 4) is 0 Å². The molecular weight excluding hydrogens is 236 g/mol. The van der Waals surface area contributed by atoms with Crippen molar-refractivity contribution in [1.29, 1.82) is 0 Å². The first kappa shape index (κ1) is 15.2. The number of hydrogen-bond donors (Lipinski definition) is 0. The molecule has 0 bridgehead atoms. The van der Waals surface area contributed by atoms with Crippen molar-refractivity contribution in [3.63, 3.8) is 0 Å². The molecule has 1 aromatic rings. The highest BCUT2D eigenvalue weighted by molar-refractivity contribution is 5.83. The Labute approximate surface area is 115 Å². The fourth-order valence-corrected chi connectivity index (χ4v) is 2.19. The maximum Gasteiger partial charge on any atom is 0.316 e. The molecule has 0 aliphatic heterocycles. The second kappa shape index (κ2) is 7.57. The summed E-state index contributed by atoms with van der Waals surface area (Å²) in [5.74, 6) is -0.185. The first-order valence-electron chi connectivity index (χ1n) is 6.57. The molecule has 19 heavy (non-hydrogen) atoms. The maximum atomic E-state index is 12.4. The molecule has 0 saturated carbocycles. The summed E-state index contributed by atoms with van der Waals surface area (Å²) in [5, 5.41) is 0. The molecule has 1 aromatic carbocycles. The van der Waals surface area contributed by atoms with E-state index in [1.54, 1.807) is 0 Å². The third-order valence-electron chi connectivity index (χ3n) is 3.31. The van der Waals surface area contributed by atoms with Crippen LogP contribution in [0.5, 0.6) is 0 Å². The van der Waals surface area contributed by atoms with Crippen molar-refractivity contribution < 1.29 is 9.53 Å². The van der Waals surface area contributed by atoms with Crippen LogP contribution in [-0.4, -0.2) is 13.1 Å². The first-order chi connectivity index (χ1) is 9.21. The highest BCUT2D eigenvalue weighted by atomic mass is 16.5. The van der Waals surface area contributed by atoms with E-state index in [4.69, 9.17) is 4.74 Å². The van der Waals surface area contributed by atoms with Crippen LogP contribution >= 0.6 is 0 Å². The zero-order chi connectivity index (χ0) is 14.1. The molecule has 0 aliphatic carbocycles. The molecule has 0 fully saturated rings. The number of hydrogen-bond acceptors (Lipinski definition) is 2. The molecule has 0 unspecified atom stereocenters. The topological polar surface area (TPSA) is 26.3 Å². The average Bonchev–Trinajstić information content (AvgIpc) is 2.48. The first-order valence-corrected chi connectivity index (χ1v) is 6.57. The van der Waals surface area contributed by atoms with Crippen molar-refractivity contribution in [3.05, 3.63) is 60.2 Å². The van der Waals surface area contributed by atoms with E-state index in [1.165, 1.54) is 7.11 Å². The number of ether oxygens (including phenoxy) is 1. The van der Waals surface area contributed by atoms with E-state index in [0.29, 0.717) is 12.8 Å². The van der Waals surface area contributed by atoms with Crippen molar-refractivity contribution in [1.82, 2.24) is 0 Å². The van der Waals surface area contributed by atoms with Crippen LogP contribution in [0.4, 0.5) is 0 Å². The quantitative estimate of drug-likeness (QED) is 0.569. The van der Waals surface area contributed by atoms with Crippen molar-refractivity contribution in [2.45, 2.75) is 32.1 Å². The van der Waals surface area contributed by atoms with E-state index in [1.807, 2.05) is 68.5 Å². The van der Waals surface area contributed by atoms with Crippen LogP contribution in [0, 0.1) is 0 Å². The standard InChI is InChI=1S/C17H22O2/c1-4-6-13-17(14-7-5-2,16(18)19-3)15-11-9-8-10-12-15/h4-12H,13-14H2,1-3H3/b6-4+,7-5+. The van der Waals surface area contributed by atoms with Gasteiger partial charge in [0.25, 0.3) is 0 Å². The van der Waals surface area contributed by atoms with Gasteiger partial charge < -0.3 is 4.74 Å². The Morgan fingerprint density at radius 2 is 1.63 bits per heavy atom. The summed E-state index contributed by atoms with van der Waals surface area (Å²) < 4.78 is 5.06. The van der Waals surface area contributed by atoms with Gasteiger partial charge in [-0.15, -0.1) is 0 Å². The van der Waals surface area contributed by atoms with Gasteiger partial charge in [-0.1, -0.05) is 54.6 Å². The highest BCUT2D eigenvalue weighted by Crippen LogP contribution is 2.34. The van der Waals surface area contributed by atoms with Gasteiger partial charge in [-0.25, -0.2) is 0 Å². The van der Waals surface area contributed by atoms with Crippen LogP contribution in [0.3, 0.4) is 0 Å². The molecule has 2 nitrogen and oxygen atoms in total. The summed E-state index contributed by atoms with van der Waals surface area (Å²) in [6.45, 7) is 3.92. The molecule has 0 spiro atoms. The van der Waals surface area contributed by atoms with Gasteiger partial charge >= 0.3 is 5.97 Å². The lowest BCUT2D eigenvalue weighted by Gasteiger charge is -2.29. The lowest BCUT2D eigenvalue weighted by atomic mass is 9.74. The Hall–Kier alpha value is -1.83. The largest absolute Gasteiger partial charge is 0.468 e. The third-order valence-corrected chi connectivity index (χ3v) is 3.31. The molecule has 0 aromatic heterocycles. The zero-order valence-electron chi connectivity index (χ0n) is 11.9. The van der Waals surface area contributed by atoms with Gasteiger partial charge in [0.1, 0.15) is 0 Å². The number of carbonyl (C=O) groups is 1. The highest BCUT2D eigenvalue weighted by Gasteiger charge is 2.39. The van der Waals surface area contributed by atoms with Crippen LogP contribution in [-0.2, 0) is 14.9 Å². The van der Waals surface area contributed by atoms with Crippen LogP contribution < -0.4 is 0 Å². The predicted octanol–water partition coefficient (Wildman–Crippen LogP) is 4.03. The molecular formula is C17H22O2. The average molecular weight is 258 g/mol. The van der Waals surface area contributed by atoms with E-state index in [9.17, 15) is 4.79 Å². The summed E-state index contributed by atoms with van der Waals surface area (Å²) in [6, 6.07) is 9.85. The van der Waals surface area contributed by atoms with Crippen LogP contribution in [0.2, 0.25) is 0 Å². The monoisotopic (exact) mass is 258 g/mol. The van der Waals surface area contributed by atoms with Gasteiger partial charge in [-0.2, -0.15) is 0 Å². The molecule has 102 valence electrons. The smallest absolute Gasteiger partial charge is 0.316 e. The van der Waals surface area contributed by atoms with E-state index in [0.717, 1.165) is 5.56 Å². The molecule has 1 rings (SSSR count). The summed E-state index contributed by atoms with van der Waals surface area (Å²) in [5.41, 5.74) is 0.368. The minimum absolute atomic E-state index is 0.185. The summed E-state index contributed by atoms with van der Waals surface area (Å²) >= 11 is 0. The molecule has 0 heterocycles. The number of carbonyl (C=O) groups excluding carboxylic acids is 1. The summed E-state index contributed by atoms with van der Waals surface area (Å²) in [4.78, 5) is 12.4. The summed E-state index contributed by atoms with van der Waals surface area (Å²) in [6.07, 6.45) is 9.27. The minimum Gasteiger partial charge on any atom is -0.468 e. The van der Waals surface area contributed by atoms with Gasteiger partial charge in [-0.05, 0) is 32.3 Å². The number of esters is 1. The van der Waals surface area contributed by atoms with Gasteiger partial charge in [0, 0.05) is 0 Å². The van der Waals surface area contributed by atoms with E-state index >= 15 is 0 Å². The van der Waals surface area contributed by atoms with Gasteiger partial charge in [0.05, 0.1) is 12.5 Å². The van der Waals surface area contributed by atoms with E-state index < -0.39 is 5.41 Å².